The van der Waals surface area contributed by atoms with Crippen LogP contribution in [-0.4, -0.2) is 28.2 Å². The van der Waals surface area contributed by atoms with Crippen molar-refractivity contribution >= 4 is 11.8 Å². The molecule has 0 heterocycles. The van der Waals surface area contributed by atoms with E-state index < -0.39 is 18.0 Å². The molecular weight excluding hydrogens is 229 g/mol. The molecule has 15 heavy (non-hydrogen) atoms. The zero-order chi connectivity index (χ0) is 11.5. The Morgan fingerprint density at radius 2 is 1.73 bits per heavy atom. The van der Waals surface area contributed by atoms with Crippen molar-refractivity contribution in [1.82, 2.24) is 0 Å². The average Bonchev–Trinajstić information content (AvgIpc) is 2.15. The summed E-state index contributed by atoms with van der Waals surface area (Å²) in [5.41, 5.74) is 0. The number of phenols is 1. The molecule has 1 rings (SSSR count). The van der Waals surface area contributed by atoms with E-state index in [0.29, 0.717) is 4.90 Å². The summed E-state index contributed by atoms with van der Waals surface area (Å²) in [6.45, 7) is 0. The molecule has 0 spiro atoms. The first kappa shape index (κ1) is 12.2. The van der Waals surface area contributed by atoms with Gasteiger partial charge in [-0.1, -0.05) is 0 Å². The highest BCUT2D eigenvalue weighted by atomic mass is 32.2. The Labute approximate surface area is 88.7 Å². The molecule has 1 aromatic rings. The lowest BCUT2D eigenvalue weighted by molar-refractivity contribution is -0.195. The maximum atomic E-state index is 11.9. The van der Waals surface area contributed by atoms with E-state index in [2.05, 4.69) is 0 Å². The standard InChI is InChI=1S/C9H9F3O2S/c10-9(11,12)8(14)5-15-7-3-1-6(13)2-4-7/h1-4,8,13-14H,5H2. The zero-order valence-electron chi connectivity index (χ0n) is 7.53. The van der Waals surface area contributed by atoms with Crippen LogP contribution in [0.4, 0.5) is 13.2 Å². The van der Waals surface area contributed by atoms with E-state index >= 15 is 0 Å². The highest BCUT2D eigenvalue weighted by Crippen LogP contribution is 2.27. The van der Waals surface area contributed by atoms with Gasteiger partial charge in [-0.2, -0.15) is 13.2 Å². The van der Waals surface area contributed by atoms with Crippen LogP contribution in [-0.2, 0) is 0 Å². The molecule has 0 aliphatic carbocycles. The molecule has 6 heteroatoms. The molecule has 0 bridgehead atoms. The van der Waals surface area contributed by atoms with Crippen molar-refractivity contribution in [1.29, 1.82) is 0 Å². The molecule has 1 atom stereocenters. The molecule has 0 radical (unpaired) electrons. The van der Waals surface area contributed by atoms with Gasteiger partial charge < -0.3 is 10.2 Å². The van der Waals surface area contributed by atoms with Crippen LogP contribution in [0.1, 0.15) is 0 Å². The molecule has 0 saturated carbocycles. The van der Waals surface area contributed by atoms with E-state index in [9.17, 15) is 13.2 Å². The van der Waals surface area contributed by atoms with E-state index in [1.165, 1.54) is 24.3 Å². The SMILES string of the molecule is Oc1ccc(SCC(O)C(F)(F)F)cc1. The van der Waals surface area contributed by atoms with Gasteiger partial charge in [-0.3, -0.25) is 0 Å². The lowest BCUT2D eigenvalue weighted by atomic mass is 10.3. The molecule has 1 aromatic carbocycles. The number of alkyl halides is 3. The first-order chi connectivity index (χ1) is 6.89. The largest absolute Gasteiger partial charge is 0.508 e. The second kappa shape index (κ2) is 4.76. The number of benzene rings is 1. The topological polar surface area (TPSA) is 40.5 Å². The number of aliphatic hydroxyl groups excluding tert-OH is 1. The third kappa shape index (κ3) is 4.01. The maximum absolute atomic E-state index is 11.9. The van der Waals surface area contributed by atoms with Crippen molar-refractivity contribution in [3.8, 4) is 5.75 Å². The number of rotatable bonds is 3. The Balaban J connectivity index is 2.47. The Morgan fingerprint density at radius 1 is 1.20 bits per heavy atom. The Morgan fingerprint density at radius 3 is 2.20 bits per heavy atom. The second-order valence-corrected chi connectivity index (χ2v) is 3.96. The summed E-state index contributed by atoms with van der Waals surface area (Å²) >= 11 is 0.883. The number of hydrogen-bond donors (Lipinski definition) is 2. The summed E-state index contributed by atoms with van der Waals surface area (Å²) in [4.78, 5) is 0.566. The normalized spacial score (nSPS) is 13.9. The molecule has 0 saturated heterocycles. The summed E-state index contributed by atoms with van der Waals surface area (Å²) in [5.74, 6) is -0.399. The van der Waals surface area contributed by atoms with E-state index in [1.807, 2.05) is 0 Å². The minimum Gasteiger partial charge on any atom is -0.508 e. The fraction of sp³-hybridized carbons (Fsp3) is 0.333. The number of thioether (sulfide) groups is 1. The smallest absolute Gasteiger partial charge is 0.415 e. The van der Waals surface area contributed by atoms with Gasteiger partial charge in [-0.25, -0.2) is 0 Å². The third-order valence-corrected chi connectivity index (χ3v) is 2.71. The summed E-state index contributed by atoms with van der Waals surface area (Å²) < 4.78 is 35.7. The summed E-state index contributed by atoms with van der Waals surface area (Å²) in [6.07, 6.45) is -6.90. The predicted octanol–water partition coefficient (Wildman–Crippen LogP) is 2.41. The van der Waals surface area contributed by atoms with Crippen LogP contribution in [0.25, 0.3) is 0 Å². The molecule has 1 unspecified atom stereocenters. The predicted molar refractivity (Wildman–Crippen MR) is 50.9 cm³/mol. The van der Waals surface area contributed by atoms with Gasteiger partial charge in [0, 0.05) is 10.6 Å². The molecule has 0 fully saturated rings. The summed E-state index contributed by atoms with van der Waals surface area (Å²) in [5, 5.41) is 17.6. The van der Waals surface area contributed by atoms with Crippen LogP contribution in [0.3, 0.4) is 0 Å². The molecule has 0 aliphatic rings. The van der Waals surface area contributed by atoms with E-state index in [-0.39, 0.29) is 5.75 Å². The van der Waals surface area contributed by atoms with Crippen molar-refractivity contribution in [2.45, 2.75) is 17.2 Å². The first-order valence-corrected chi connectivity index (χ1v) is 5.05. The Hall–Kier alpha value is -0.880. The molecule has 0 aliphatic heterocycles. The average molecular weight is 238 g/mol. The molecule has 2 nitrogen and oxygen atoms in total. The van der Waals surface area contributed by atoms with Crippen molar-refractivity contribution in [3.05, 3.63) is 24.3 Å². The van der Waals surface area contributed by atoms with Crippen LogP contribution in [0.2, 0.25) is 0 Å². The van der Waals surface area contributed by atoms with Gasteiger partial charge in [-0.15, -0.1) is 11.8 Å². The van der Waals surface area contributed by atoms with Crippen molar-refractivity contribution in [3.63, 3.8) is 0 Å². The molecular formula is C9H9F3O2S. The van der Waals surface area contributed by atoms with Gasteiger partial charge >= 0.3 is 6.18 Å². The molecule has 0 amide bonds. The van der Waals surface area contributed by atoms with Crippen LogP contribution < -0.4 is 0 Å². The quantitative estimate of drug-likeness (QED) is 0.794. The van der Waals surface area contributed by atoms with Gasteiger partial charge in [0.25, 0.3) is 0 Å². The lowest BCUT2D eigenvalue weighted by Crippen LogP contribution is -2.30. The third-order valence-electron chi connectivity index (χ3n) is 1.62. The monoisotopic (exact) mass is 238 g/mol. The number of hydrogen-bond acceptors (Lipinski definition) is 3. The maximum Gasteiger partial charge on any atom is 0.415 e. The summed E-state index contributed by atoms with van der Waals surface area (Å²) in [6, 6.07) is 5.73. The Kier molecular flexibility index (Phi) is 3.87. The highest BCUT2D eigenvalue weighted by Gasteiger charge is 2.37. The van der Waals surface area contributed by atoms with Crippen LogP contribution >= 0.6 is 11.8 Å². The van der Waals surface area contributed by atoms with Gasteiger partial charge in [0.1, 0.15) is 5.75 Å². The zero-order valence-corrected chi connectivity index (χ0v) is 8.35. The minimum absolute atomic E-state index is 0.0516. The Bertz CT molecular complexity index is 310. The van der Waals surface area contributed by atoms with Gasteiger partial charge in [-0.05, 0) is 24.3 Å². The molecule has 2 N–H and O–H groups in total. The number of halogens is 3. The van der Waals surface area contributed by atoms with Crippen molar-refractivity contribution < 1.29 is 23.4 Å². The van der Waals surface area contributed by atoms with Crippen molar-refractivity contribution in [2.24, 2.45) is 0 Å². The second-order valence-electron chi connectivity index (χ2n) is 2.86. The van der Waals surface area contributed by atoms with Crippen LogP contribution in [0, 0.1) is 0 Å². The fourth-order valence-electron chi connectivity index (χ4n) is 0.812. The summed E-state index contributed by atoms with van der Waals surface area (Å²) in [7, 11) is 0. The highest BCUT2D eigenvalue weighted by molar-refractivity contribution is 7.99. The van der Waals surface area contributed by atoms with Crippen LogP contribution in [0.5, 0.6) is 5.75 Å². The minimum atomic E-state index is -4.58. The lowest BCUT2D eigenvalue weighted by Gasteiger charge is -2.13. The van der Waals surface area contributed by atoms with Crippen molar-refractivity contribution in [2.75, 3.05) is 5.75 Å². The van der Waals surface area contributed by atoms with Gasteiger partial charge in [0.05, 0.1) is 0 Å². The molecule has 84 valence electrons. The number of aromatic hydroxyl groups is 1. The molecule has 0 aromatic heterocycles. The van der Waals surface area contributed by atoms with E-state index in [0.717, 1.165) is 11.8 Å². The number of aliphatic hydroxyl groups is 1. The van der Waals surface area contributed by atoms with Crippen LogP contribution in [0.15, 0.2) is 29.2 Å². The fourth-order valence-corrected chi connectivity index (χ4v) is 1.68. The first-order valence-electron chi connectivity index (χ1n) is 4.06. The van der Waals surface area contributed by atoms with E-state index in [4.69, 9.17) is 10.2 Å². The van der Waals surface area contributed by atoms with Gasteiger partial charge in [0.2, 0.25) is 0 Å². The van der Waals surface area contributed by atoms with Gasteiger partial charge in [0.15, 0.2) is 6.10 Å². The number of phenolic OH excluding ortho intramolecular Hbond substituents is 1. The van der Waals surface area contributed by atoms with E-state index in [1.54, 1.807) is 0 Å².